The van der Waals surface area contributed by atoms with Crippen LogP contribution in [0, 0.1) is 6.92 Å². The second kappa shape index (κ2) is 7.62. The molecule has 1 aromatic carbocycles. The molecule has 126 valence electrons. The van der Waals surface area contributed by atoms with Gasteiger partial charge in [-0.25, -0.2) is 4.98 Å². The van der Waals surface area contributed by atoms with Crippen molar-refractivity contribution < 1.29 is 9.53 Å². The fourth-order valence-electron chi connectivity index (χ4n) is 2.82. The molecule has 2 aromatic rings. The summed E-state index contributed by atoms with van der Waals surface area (Å²) >= 11 is 5.97. The molecule has 6 heteroatoms. The molecule has 1 fully saturated rings. The summed E-state index contributed by atoms with van der Waals surface area (Å²) in [6.07, 6.45) is 3.69. The van der Waals surface area contributed by atoms with Crippen LogP contribution in [0.5, 0.6) is 5.88 Å². The van der Waals surface area contributed by atoms with Gasteiger partial charge in [-0.15, -0.1) is 0 Å². The van der Waals surface area contributed by atoms with Gasteiger partial charge < -0.3 is 9.64 Å². The van der Waals surface area contributed by atoms with Crippen molar-refractivity contribution in [2.45, 2.75) is 32.3 Å². The molecule has 0 bridgehead atoms. The number of hydrogen-bond acceptors (Lipinski definition) is 4. The van der Waals surface area contributed by atoms with Crippen molar-refractivity contribution in [3.63, 3.8) is 0 Å². The van der Waals surface area contributed by atoms with E-state index < -0.39 is 0 Å². The fraction of sp³-hybridized carbons (Fsp3) is 0.389. The first-order valence-corrected chi connectivity index (χ1v) is 8.46. The third-order valence-corrected chi connectivity index (χ3v) is 4.29. The zero-order valence-electron chi connectivity index (χ0n) is 13.6. The highest BCUT2D eigenvalue weighted by atomic mass is 35.5. The second-order valence-corrected chi connectivity index (χ2v) is 6.38. The van der Waals surface area contributed by atoms with Gasteiger partial charge in [0.1, 0.15) is 11.9 Å². The number of rotatable bonds is 5. The number of ether oxygens (including phenoxy) is 1. The lowest BCUT2D eigenvalue weighted by Crippen LogP contribution is -2.31. The first-order chi connectivity index (χ1) is 11.6. The van der Waals surface area contributed by atoms with Gasteiger partial charge >= 0.3 is 0 Å². The van der Waals surface area contributed by atoms with Crippen LogP contribution in [0.2, 0.25) is 5.02 Å². The van der Waals surface area contributed by atoms with Crippen molar-refractivity contribution in [2.75, 3.05) is 13.1 Å². The highest BCUT2D eigenvalue weighted by Crippen LogP contribution is 2.18. The molecule has 0 radical (unpaired) electrons. The Labute approximate surface area is 146 Å². The molecule has 2 heterocycles. The standard InChI is InChI=1S/C18H20ClN3O2/c1-13-20-9-7-17(21-13)24-16-8-10-22(12-16)18(23)6-5-14-3-2-4-15(19)11-14/h2-4,7,9,11,16H,5-6,8,10,12H2,1H3. The van der Waals surface area contributed by atoms with E-state index in [1.165, 1.54) is 0 Å². The van der Waals surface area contributed by atoms with Crippen molar-refractivity contribution in [1.82, 2.24) is 14.9 Å². The van der Waals surface area contributed by atoms with Crippen LogP contribution in [0.25, 0.3) is 0 Å². The predicted octanol–water partition coefficient (Wildman–Crippen LogP) is 3.05. The van der Waals surface area contributed by atoms with E-state index in [2.05, 4.69) is 9.97 Å². The van der Waals surface area contributed by atoms with E-state index in [9.17, 15) is 4.79 Å². The summed E-state index contributed by atoms with van der Waals surface area (Å²) in [5.74, 6) is 1.40. The number of halogens is 1. The highest BCUT2D eigenvalue weighted by molar-refractivity contribution is 6.30. The topological polar surface area (TPSA) is 55.3 Å². The van der Waals surface area contributed by atoms with Crippen LogP contribution < -0.4 is 4.74 Å². The Balaban J connectivity index is 1.49. The van der Waals surface area contributed by atoms with Gasteiger partial charge in [-0.05, 0) is 31.0 Å². The molecule has 1 aliphatic rings. The lowest BCUT2D eigenvalue weighted by Gasteiger charge is -2.17. The monoisotopic (exact) mass is 345 g/mol. The number of carbonyl (C=O) groups excluding carboxylic acids is 1. The maximum absolute atomic E-state index is 12.4. The van der Waals surface area contributed by atoms with Gasteiger partial charge in [0.25, 0.3) is 0 Å². The van der Waals surface area contributed by atoms with Crippen molar-refractivity contribution in [3.05, 3.63) is 52.9 Å². The number of likely N-dealkylation sites (tertiary alicyclic amines) is 1. The van der Waals surface area contributed by atoms with E-state index in [0.717, 1.165) is 18.5 Å². The van der Waals surface area contributed by atoms with E-state index >= 15 is 0 Å². The molecule has 5 nitrogen and oxygen atoms in total. The molecule has 1 atom stereocenters. The van der Waals surface area contributed by atoms with E-state index in [4.69, 9.17) is 16.3 Å². The minimum atomic E-state index is -0.00517. The third-order valence-electron chi connectivity index (χ3n) is 4.05. The number of benzene rings is 1. The highest BCUT2D eigenvalue weighted by Gasteiger charge is 2.27. The Hall–Kier alpha value is -2.14. The Bertz CT molecular complexity index is 723. The van der Waals surface area contributed by atoms with Gasteiger partial charge in [0.2, 0.25) is 11.8 Å². The van der Waals surface area contributed by atoms with E-state index in [0.29, 0.717) is 36.1 Å². The zero-order valence-corrected chi connectivity index (χ0v) is 14.4. The molecule has 0 N–H and O–H groups in total. The zero-order chi connectivity index (χ0) is 16.9. The summed E-state index contributed by atoms with van der Waals surface area (Å²) in [6, 6.07) is 9.39. The molecule has 3 rings (SSSR count). The molecule has 1 aliphatic heterocycles. The van der Waals surface area contributed by atoms with Crippen LogP contribution in [-0.4, -0.2) is 40.0 Å². The number of aryl methyl sites for hydroxylation is 2. The summed E-state index contributed by atoms with van der Waals surface area (Å²) in [6.45, 7) is 3.16. The number of hydrogen-bond donors (Lipinski definition) is 0. The predicted molar refractivity (Wildman–Crippen MR) is 92.2 cm³/mol. The van der Waals surface area contributed by atoms with Crippen LogP contribution in [0.3, 0.4) is 0 Å². The average molecular weight is 346 g/mol. The van der Waals surface area contributed by atoms with Crippen molar-refractivity contribution in [3.8, 4) is 5.88 Å². The first kappa shape index (κ1) is 16.7. The van der Waals surface area contributed by atoms with Crippen LogP contribution in [0.15, 0.2) is 36.5 Å². The van der Waals surface area contributed by atoms with Gasteiger partial charge in [-0.1, -0.05) is 23.7 Å². The van der Waals surface area contributed by atoms with Crippen LogP contribution >= 0.6 is 11.6 Å². The molecule has 0 saturated carbocycles. The quantitative estimate of drug-likeness (QED) is 0.835. The molecular formula is C18H20ClN3O2. The Morgan fingerprint density at radius 3 is 3.08 bits per heavy atom. The largest absolute Gasteiger partial charge is 0.472 e. The minimum Gasteiger partial charge on any atom is -0.472 e. The number of carbonyl (C=O) groups is 1. The van der Waals surface area contributed by atoms with Crippen molar-refractivity contribution >= 4 is 17.5 Å². The summed E-state index contributed by atoms with van der Waals surface area (Å²) in [5.41, 5.74) is 1.08. The second-order valence-electron chi connectivity index (χ2n) is 5.94. The first-order valence-electron chi connectivity index (χ1n) is 8.08. The van der Waals surface area contributed by atoms with Gasteiger partial charge in [0, 0.05) is 36.7 Å². The molecule has 1 saturated heterocycles. The Kier molecular flexibility index (Phi) is 5.30. The summed E-state index contributed by atoms with van der Waals surface area (Å²) < 4.78 is 5.85. The summed E-state index contributed by atoms with van der Waals surface area (Å²) in [7, 11) is 0. The molecular weight excluding hydrogens is 326 g/mol. The van der Waals surface area contributed by atoms with Crippen molar-refractivity contribution in [1.29, 1.82) is 0 Å². The van der Waals surface area contributed by atoms with Gasteiger partial charge in [-0.2, -0.15) is 4.98 Å². The molecule has 1 aromatic heterocycles. The molecule has 1 amide bonds. The van der Waals surface area contributed by atoms with Crippen LogP contribution in [0.1, 0.15) is 24.2 Å². The maximum Gasteiger partial charge on any atom is 0.223 e. The fourth-order valence-corrected chi connectivity index (χ4v) is 3.04. The smallest absolute Gasteiger partial charge is 0.223 e. The number of aromatic nitrogens is 2. The third kappa shape index (κ3) is 4.45. The van der Waals surface area contributed by atoms with Gasteiger partial charge in [0.05, 0.1) is 6.54 Å². The molecule has 1 unspecified atom stereocenters. The lowest BCUT2D eigenvalue weighted by atomic mass is 10.1. The van der Waals surface area contributed by atoms with Crippen molar-refractivity contribution in [2.24, 2.45) is 0 Å². The SMILES string of the molecule is Cc1nccc(OC2CCN(C(=O)CCc3cccc(Cl)c3)C2)n1. The Morgan fingerprint density at radius 1 is 1.42 bits per heavy atom. The van der Waals surface area contributed by atoms with Crippen LogP contribution in [-0.2, 0) is 11.2 Å². The van der Waals surface area contributed by atoms with Gasteiger partial charge in [0.15, 0.2) is 0 Å². The normalized spacial score (nSPS) is 17.1. The minimum absolute atomic E-state index is 0.00517. The lowest BCUT2D eigenvalue weighted by molar-refractivity contribution is -0.130. The molecule has 0 aliphatic carbocycles. The van der Waals surface area contributed by atoms with E-state index in [1.54, 1.807) is 12.3 Å². The van der Waals surface area contributed by atoms with E-state index in [1.807, 2.05) is 36.1 Å². The Morgan fingerprint density at radius 2 is 2.29 bits per heavy atom. The summed E-state index contributed by atoms with van der Waals surface area (Å²) in [4.78, 5) is 22.5. The van der Waals surface area contributed by atoms with Gasteiger partial charge in [-0.3, -0.25) is 4.79 Å². The number of nitrogens with zero attached hydrogens (tertiary/aromatic N) is 3. The number of amides is 1. The molecule has 0 spiro atoms. The average Bonchev–Trinajstić information content (AvgIpc) is 3.01. The van der Waals surface area contributed by atoms with E-state index in [-0.39, 0.29) is 12.0 Å². The summed E-state index contributed by atoms with van der Waals surface area (Å²) in [5, 5.41) is 0.703. The molecule has 24 heavy (non-hydrogen) atoms. The van der Waals surface area contributed by atoms with Crippen LogP contribution in [0.4, 0.5) is 0 Å². The maximum atomic E-state index is 12.4.